The van der Waals surface area contributed by atoms with Crippen molar-refractivity contribution in [2.75, 3.05) is 13.2 Å². The second-order valence-electron chi connectivity index (χ2n) is 2.90. The Hall–Kier alpha value is -1.03. The molecule has 64 valence electrons. The zero-order valence-electron chi connectivity index (χ0n) is 7.13. The van der Waals surface area contributed by atoms with E-state index in [2.05, 4.69) is 17.3 Å². The van der Waals surface area contributed by atoms with Crippen LogP contribution in [0.3, 0.4) is 0 Å². The zero-order valence-corrected chi connectivity index (χ0v) is 7.13. The van der Waals surface area contributed by atoms with E-state index in [-0.39, 0.29) is 6.10 Å². The van der Waals surface area contributed by atoms with Crippen molar-refractivity contribution in [1.82, 2.24) is 5.32 Å². The molecule has 0 bridgehead atoms. The molecule has 12 heavy (non-hydrogen) atoms. The summed E-state index contributed by atoms with van der Waals surface area (Å²) in [6.07, 6.45) is 5.74. The van der Waals surface area contributed by atoms with E-state index in [9.17, 15) is 0 Å². The second-order valence-corrected chi connectivity index (χ2v) is 2.90. The van der Waals surface area contributed by atoms with Crippen LogP contribution in [0.15, 0.2) is 0 Å². The molecule has 3 nitrogen and oxygen atoms in total. The Morgan fingerprint density at radius 3 is 3.00 bits per heavy atom. The minimum absolute atomic E-state index is 0.0733. The van der Waals surface area contributed by atoms with Gasteiger partial charge in [0.15, 0.2) is 0 Å². The van der Waals surface area contributed by atoms with Crippen LogP contribution in [0, 0.1) is 23.7 Å². The summed E-state index contributed by atoms with van der Waals surface area (Å²) >= 11 is 0. The van der Waals surface area contributed by atoms with Crippen LogP contribution in [0.5, 0.6) is 0 Å². The van der Waals surface area contributed by atoms with Crippen LogP contribution in [0.25, 0.3) is 0 Å². The molecule has 1 aliphatic rings. The highest BCUT2D eigenvalue weighted by molar-refractivity contribution is 5.15. The summed E-state index contributed by atoms with van der Waals surface area (Å²) in [7, 11) is 0. The van der Waals surface area contributed by atoms with Crippen LogP contribution in [0.2, 0.25) is 0 Å². The summed E-state index contributed by atoms with van der Waals surface area (Å²) in [5, 5.41) is 12.0. The molecule has 0 radical (unpaired) electrons. The van der Waals surface area contributed by atoms with Gasteiger partial charge in [0.1, 0.15) is 5.54 Å². The van der Waals surface area contributed by atoms with Gasteiger partial charge >= 0.3 is 0 Å². The minimum atomic E-state index is -0.563. The van der Waals surface area contributed by atoms with Crippen molar-refractivity contribution in [1.29, 1.82) is 5.26 Å². The number of terminal acetylenes is 1. The molecule has 2 unspecified atom stereocenters. The summed E-state index contributed by atoms with van der Waals surface area (Å²) in [5.41, 5.74) is -0.563. The Balaban J connectivity index is 2.64. The number of nitrogens with one attached hydrogen (secondary N) is 1. The van der Waals surface area contributed by atoms with Crippen LogP contribution in [0.1, 0.15) is 13.3 Å². The normalized spacial score (nSPS) is 34.1. The molecule has 2 atom stereocenters. The maximum Gasteiger partial charge on any atom is 0.135 e. The molecule has 1 fully saturated rings. The minimum Gasteiger partial charge on any atom is -0.375 e. The Bertz CT molecular complexity index is 238. The third-order valence-corrected chi connectivity index (χ3v) is 2.26. The molecule has 0 aliphatic carbocycles. The number of nitriles is 1. The lowest BCUT2D eigenvalue weighted by Crippen LogP contribution is -2.49. The summed E-state index contributed by atoms with van der Waals surface area (Å²) in [6.45, 7) is 2.94. The topological polar surface area (TPSA) is 45.0 Å². The van der Waals surface area contributed by atoms with E-state index in [1.165, 1.54) is 0 Å². The van der Waals surface area contributed by atoms with E-state index in [0.717, 1.165) is 0 Å². The first-order valence-electron chi connectivity index (χ1n) is 3.96. The number of hydrogen-bond donors (Lipinski definition) is 1. The molecule has 1 rings (SSSR count). The van der Waals surface area contributed by atoms with Crippen LogP contribution in [-0.2, 0) is 4.74 Å². The Labute approximate surface area is 72.7 Å². The largest absolute Gasteiger partial charge is 0.375 e. The Morgan fingerprint density at radius 2 is 2.58 bits per heavy atom. The predicted octanol–water partition coefficient (Wildman–Crippen LogP) is 0.280. The summed E-state index contributed by atoms with van der Waals surface area (Å²) in [5.74, 6) is 2.46. The van der Waals surface area contributed by atoms with E-state index < -0.39 is 5.54 Å². The van der Waals surface area contributed by atoms with Gasteiger partial charge < -0.3 is 4.74 Å². The van der Waals surface area contributed by atoms with Gasteiger partial charge in [-0.1, -0.05) is 5.92 Å². The van der Waals surface area contributed by atoms with Crippen molar-refractivity contribution in [2.45, 2.75) is 25.0 Å². The van der Waals surface area contributed by atoms with Gasteiger partial charge in [-0.25, -0.2) is 0 Å². The fourth-order valence-electron chi connectivity index (χ4n) is 1.37. The molecular formula is C9H12N2O. The van der Waals surface area contributed by atoms with Crippen molar-refractivity contribution < 1.29 is 4.74 Å². The van der Waals surface area contributed by atoms with Gasteiger partial charge in [0.2, 0.25) is 0 Å². The quantitative estimate of drug-likeness (QED) is 0.596. The molecule has 0 aromatic heterocycles. The average molecular weight is 164 g/mol. The van der Waals surface area contributed by atoms with Gasteiger partial charge in [0.05, 0.1) is 18.7 Å². The Morgan fingerprint density at radius 1 is 1.83 bits per heavy atom. The van der Waals surface area contributed by atoms with E-state index in [1.54, 1.807) is 0 Å². The molecular weight excluding hydrogens is 152 g/mol. The lowest BCUT2D eigenvalue weighted by molar-refractivity contribution is 0.1000. The SMILES string of the molecule is C#CCNC1(C#N)CCOC1C. The first-order chi connectivity index (χ1) is 5.75. The molecule has 0 saturated carbocycles. The third-order valence-electron chi connectivity index (χ3n) is 2.26. The molecule has 1 saturated heterocycles. The van der Waals surface area contributed by atoms with Gasteiger partial charge in [-0.15, -0.1) is 6.42 Å². The highest BCUT2D eigenvalue weighted by atomic mass is 16.5. The van der Waals surface area contributed by atoms with Gasteiger partial charge in [-0.3, -0.25) is 5.32 Å². The molecule has 0 amide bonds. The van der Waals surface area contributed by atoms with Gasteiger partial charge in [-0.05, 0) is 6.92 Å². The van der Waals surface area contributed by atoms with Gasteiger partial charge in [-0.2, -0.15) is 5.26 Å². The summed E-state index contributed by atoms with van der Waals surface area (Å²) in [4.78, 5) is 0. The van der Waals surface area contributed by atoms with E-state index >= 15 is 0 Å². The predicted molar refractivity (Wildman–Crippen MR) is 45.2 cm³/mol. The standard InChI is InChI=1S/C9H12N2O/c1-3-5-11-9(7-10)4-6-12-8(9)2/h1,8,11H,4-6H2,2H3. The average Bonchev–Trinajstić information content (AvgIpc) is 2.45. The number of ether oxygens (including phenoxy) is 1. The van der Waals surface area contributed by atoms with Gasteiger partial charge in [0.25, 0.3) is 0 Å². The Kier molecular flexibility index (Phi) is 2.70. The van der Waals surface area contributed by atoms with Crippen LogP contribution in [-0.4, -0.2) is 24.8 Å². The number of hydrogen-bond acceptors (Lipinski definition) is 3. The van der Waals surface area contributed by atoms with Crippen molar-refractivity contribution in [3.63, 3.8) is 0 Å². The summed E-state index contributed by atoms with van der Waals surface area (Å²) < 4.78 is 5.30. The second kappa shape index (κ2) is 3.58. The highest BCUT2D eigenvalue weighted by Gasteiger charge is 2.41. The lowest BCUT2D eigenvalue weighted by atomic mass is 9.94. The fraction of sp³-hybridized carbons (Fsp3) is 0.667. The van der Waals surface area contributed by atoms with Crippen molar-refractivity contribution in [2.24, 2.45) is 0 Å². The first kappa shape index (κ1) is 9.06. The number of rotatable bonds is 2. The molecule has 0 aromatic carbocycles. The smallest absolute Gasteiger partial charge is 0.135 e. The molecule has 1 aliphatic heterocycles. The number of nitrogens with zero attached hydrogens (tertiary/aromatic N) is 1. The highest BCUT2D eigenvalue weighted by Crippen LogP contribution is 2.24. The molecule has 0 aromatic rings. The van der Waals surface area contributed by atoms with E-state index in [4.69, 9.17) is 16.4 Å². The lowest BCUT2D eigenvalue weighted by Gasteiger charge is -2.24. The van der Waals surface area contributed by atoms with Gasteiger partial charge in [0, 0.05) is 13.0 Å². The third kappa shape index (κ3) is 1.43. The maximum absolute atomic E-state index is 8.95. The first-order valence-corrected chi connectivity index (χ1v) is 3.96. The summed E-state index contributed by atoms with van der Waals surface area (Å²) in [6, 6.07) is 2.23. The molecule has 1 heterocycles. The fourth-order valence-corrected chi connectivity index (χ4v) is 1.37. The van der Waals surface area contributed by atoms with E-state index in [1.807, 2.05) is 6.92 Å². The van der Waals surface area contributed by atoms with Crippen molar-refractivity contribution in [3.8, 4) is 18.4 Å². The zero-order chi connectivity index (χ0) is 9.03. The molecule has 3 heteroatoms. The molecule has 0 spiro atoms. The van der Waals surface area contributed by atoms with Crippen LogP contribution in [0.4, 0.5) is 0 Å². The van der Waals surface area contributed by atoms with E-state index in [0.29, 0.717) is 19.6 Å². The molecule has 1 N–H and O–H groups in total. The van der Waals surface area contributed by atoms with Crippen molar-refractivity contribution >= 4 is 0 Å². The van der Waals surface area contributed by atoms with Crippen LogP contribution >= 0.6 is 0 Å². The maximum atomic E-state index is 8.95. The monoisotopic (exact) mass is 164 g/mol. The van der Waals surface area contributed by atoms with Crippen molar-refractivity contribution in [3.05, 3.63) is 0 Å². The van der Waals surface area contributed by atoms with Crippen LogP contribution < -0.4 is 5.32 Å².